The molecule has 34 heavy (non-hydrogen) atoms. The molecule has 3 aromatic heterocycles. The van der Waals surface area contributed by atoms with Crippen LogP contribution in [-0.2, 0) is 12.7 Å². The summed E-state index contributed by atoms with van der Waals surface area (Å²) in [6.07, 6.45) is 2.30. The number of amides is 1. The van der Waals surface area contributed by atoms with Crippen LogP contribution in [0.1, 0.15) is 33.6 Å². The summed E-state index contributed by atoms with van der Waals surface area (Å²) in [6.45, 7) is 2.88. The van der Waals surface area contributed by atoms with Gasteiger partial charge in [0.05, 0.1) is 16.8 Å². The third-order valence-corrected chi connectivity index (χ3v) is 6.54. The van der Waals surface area contributed by atoms with Crippen molar-refractivity contribution in [1.29, 1.82) is 0 Å². The Morgan fingerprint density at radius 3 is 2.74 bits per heavy atom. The van der Waals surface area contributed by atoms with Crippen LogP contribution in [0.3, 0.4) is 0 Å². The Bertz CT molecular complexity index is 1360. The minimum atomic E-state index is -4.76. The topological polar surface area (TPSA) is 62.5 Å². The average Bonchev–Trinajstić information content (AvgIpc) is 3.54. The third-order valence-electron chi connectivity index (χ3n) is 5.64. The highest BCUT2D eigenvalue weighted by Crippen LogP contribution is 2.37. The first-order valence-corrected chi connectivity index (χ1v) is 11.4. The second-order valence-electron chi connectivity index (χ2n) is 8.04. The Kier molecular flexibility index (Phi) is 5.82. The molecule has 0 radical (unpaired) electrons. The number of hydrogen-bond acceptors (Lipinski definition) is 5. The molecule has 0 spiro atoms. The van der Waals surface area contributed by atoms with E-state index in [-0.39, 0.29) is 22.5 Å². The fourth-order valence-corrected chi connectivity index (χ4v) is 4.91. The fraction of sp³-hybridized carbons (Fsp3) is 0.261. The molecule has 11 heteroatoms. The highest BCUT2D eigenvalue weighted by atomic mass is 32.1. The van der Waals surface area contributed by atoms with E-state index in [0.29, 0.717) is 11.2 Å². The lowest BCUT2D eigenvalue weighted by atomic mass is 10.0. The molecule has 1 aliphatic heterocycles. The summed E-state index contributed by atoms with van der Waals surface area (Å²) in [7, 11) is 0. The molecule has 1 saturated heterocycles. The van der Waals surface area contributed by atoms with Crippen molar-refractivity contribution in [3.8, 4) is 11.3 Å². The first-order valence-electron chi connectivity index (χ1n) is 10.6. The minimum absolute atomic E-state index is 0.0188. The first-order chi connectivity index (χ1) is 16.3. The normalized spacial score (nSPS) is 14.7. The first kappa shape index (κ1) is 22.5. The molecule has 4 aromatic rings. The summed E-state index contributed by atoms with van der Waals surface area (Å²) in [5.74, 6) is -1.47. The number of hydrogen-bond donors (Lipinski definition) is 1. The lowest BCUT2D eigenvalue weighted by Gasteiger charge is -2.11. The lowest BCUT2D eigenvalue weighted by molar-refractivity contribution is -0.137. The second kappa shape index (κ2) is 8.80. The largest absolute Gasteiger partial charge is 0.417 e. The molecule has 1 aromatic carbocycles. The Balaban J connectivity index is 1.42. The molecule has 1 amide bonds. The van der Waals surface area contributed by atoms with E-state index in [1.165, 1.54) is 40.8 Å². The van der Waals surface area contributed by atoms with Gasteiger partial charge in [0.2, 0.25) is 0 Å². The number of rotatable bonds is 5. The molecule has 1 N–H and O–H groups in total. The standard InChI is InChI=1S/C23H19F4N5OS/c24-14-5-6-16(18(10-14)23(25,26)27)19-13-32-9-3-4-17(20(32)29-19)21(33)30-22-28-11-15(34-22)12-31-7-1-2-8-31/h3-6,9-11,13H,1-2,7-8,12H2,(H,28,30,33). The molecule has 176 valence electrons. The molecular formula is C23H19F4N5OS. The van der Waals surface area contributed by atoms with Crippen LogP contribution in [0.25, 0.3) is 16.9 Å². The number of fused-ring (bicyclic) bond motifs is 1. The van der Waals surface area contributed by atoms with Crippen LogP contribution < -0.4 is 5.32 Å². The number of aromatic nitrogens is 3. The molecule has 4 heterocycles. The van der Waals surface area contributed by atoms with Crippen LogP contribution in [0.5, 0.6) is 0 Å². The number of carbonyl (C=O) groups excluding carboxylic acids is 1. The zero-order valence-corrected chi connectivity index (χ0v) is 18.6. The van der Waals surface area contributed by atoms with E-state index in [2.05, 4.69) is 20.2 Å². The molecule has 0 unspecified atom stereocenters. The molecule has 6 nitrogen and oxygen atoms in total. The Hall–Kier alpha value is -3.31. The minimum Gasteiger partial charge on any atom is -0.306 e. The van der Waals surface area contributed by atoms with Crippen molar-refractivity contribution in [2.75, 3.05) is 18.4 Å². The predicted molar refractivity (Wildman–Crippen MR) is 120 cm³/mol. The van der Waals surface area contributed by atoms with E-state index in [4.69, 9.17) is 0 Å². The maximum absolute atomic E-state index is 13.5. The van der Waals surface area contributed by atoms with Gasteiger partial charge < -0.3 is 4.40 Å². The van der Waals surface area contributed by atoms with Crippen molar-refractivity contribution in [2.24, 2.45) is 0 Å². The third kappa shape index (κ3) is 4.53. The molecule has 0 saturated carbocycles. The molecule has 5 rings (SSSR count). The summed E-state index contributed by atoms with van der Waals surface area (Å²) in [4.78, 5) is 24.9. The summed E-state index contributed by atoms with van der Waals surface area (Å²) in [6, 6.07) is 5.57. The van der Waals surface area contributed by atoms with Crippen LogP contribution in [0.15, 0.2) is 48.9 Å². The van der Waals surface area contributed by atoms with E-state index in [1.807, 2.05) is 0 Å². The van der Waals surface area contributed by atoms with Crippen LogP contribution in [-0.4, -0.2) is 38.3 Å². The van der Waals surface area contributed by atoms with Gasteiger partial charge in [-0.3, -0.25) is 15.0 Å². The van der Waals surface area contributed by atoms with E-state index in [0.717, 1.165) is 36.6 Å². The number of nitrogens with one attached hydrogen (secondary N) is 1. The van der Waals surface area contributed by atoms with Gasteiger partial charge in [-0.1, -0.05) is 0 Å². The van der Waals surface area contributed by atoms with Crippen molar-refractivity contribution in [1.82, 2.24) is 19.3 Å². The number of carbonyl (C=O) groups is 1. The van der Waals surface area contributed by atoms with Gasteiger partial charge in [0.1, 0.15) is 11.5 Å². The zero-order chi connectivity index (χ0) is 23.9. The van der Waals surface area contributed by atoms with Gasteiger partial charge in [0.25, 0.3) is 5.91 Å². The number of likely N-dealkylation sites (tertiary alicyclic amines) is 1. The highest BCUT2D eigenvalue weighted by molar-refractivity contribution is 7.15. The molecular weight excluding hydrogens is 470 g/mol. The number of pyridine rings is 1. The average molecular weight is 489 g/mol. The van der Waals surface area contributed by atoms with E-state index in [9.17, 15) is 22.4 Å². The van der Waals surface area contributed by atoms with E-state index >= 15 is 0 Å². The molecule has 0 bridgehead atoms. The summed E-state index contributed by atoms with van der Waals surface area (Å²) in [5, 5.41) is 3.19. The number of benzene rings is 1. The number of anilines is 1. The van der Waals surface area contributed by atoms with Gasteiger partial charge in [0.15, 0.2) is 5.13 Å². The molecule has 1 aliphatic rings. The van der Waals surface area contributed by atoms with Crippen LogP contribution in [0.2, 0.25) is 0 Å². The van der Waals surface area contributed by atoms with Crippen molar-refractivity contribution < 1.29 is 22.4 Å². The quantitative estimate of drug-likeness (QED) is 0.378. The van der Waals surface area contributed by atoms with Crippen molar-refractivity contribution in [3.05, 3.63) is 70.7 Å². The van der Waals surface area contributed by atoms with Gasteiger partial charge in [0, 0.05) is 35.6 Å². The van der Waals surface area contributed by atoms with Crippen LogP contribution in [0, 0.1) is 5.82 Å². The molecule has 1 fully saturated rings. The fourth-order valence-electron chi connectivity index (χ4n) is 4.06. The van der Waals surface area contributed by atoms with Gasteiger partial charge in [-0.2, -0.15) is 13.2 Å². The Morgan fingerprint density at radius 2 is 1.97 bits per heavy atom. The maximum atomic E-state index is 13.5. The van der Waals surface area contributed by atoms with Gasteiger partial charge >= 0.3 is 6.18 Å². The monoisotopic (exact) mass is 489 g/mol. The van der Waals surface area contributed by atoms with E-state index in [1.54, 1.807) is 18.5 Å². The Labute approximate surface area is 195 Å². The van der Waals surface area contributed by atoms with Crippen LogP contribution in [0.4, 0.5) is 22.7 Å². The SMILES string of the molecule is O=C(Nc1ncc(CN2CCCC2)s1)c1cccn2cc(-c3ccc(F)cc3C(F)(F)F)nc12. The summed E-state index contributed by atoms with van der Waals surface area (Å²) < 4.78 is 55.4. The van der Waals surface area contributed by atoms with E-state index < -0.39 is 23.5 Å². The number of alkyl halides is 3. The van der Waals surface area contributed by atoms with Crippen molar-refractivity contribution >= 4 is 28.0 Å². The van der Waals surface area contributed by atoms with Crippen molar-refractivity contribution in [2.45, 2.75) is 25.6 Å². The molecule has 0 atom stereocenters. The van der Waals surface area contributed by atoms with Crippen molar-refractivity contribution in [3.63, 3.8) is 0 Å². The smallest absolute Gasteiger partial charge is 0.306 e. The number of halogens is 4. The van der Waals surface area contributed by atoms with Gasteiger partial charge in [-0.25, -0.2) is 14.4 Å². The maximum Gasteiger partial charge on any atom is 0.417 e. The predicted octanol–water partition coefficient (Wildman–Crippen LogP) is 5.46. The van der Waals surface area contributed by atoms with Crippen LogP contribution >= 0.6 is 11.3 Å². The second-order valence-corrected chi connectivity index (χ2v) is 9.15. The molecule has 0 aliphatic carbocycles. The summed E-state index contributed by atoms with van der Waals surface area (Å²) >= 11 is 1.38. The number of nitrogens with zero attached hydrogens (tertiary/aromatic N) is 4. The lowest BCUT2D eigenvalue weighted by Crippen LogP contribution is -2.17. The van der Waals surface area contributed by atoms with Gasteiger partial charge in [-0.15, -0.1) is 11.3 Å². The van der Waals surface area contributed by atoms with Gasteiger partial charge in [-0.05, 0) is 56.3 Å². The zero-order valence-electron chi connectivity index (χ0n) is 17.8. The highest BCUT2D eigenvalue weighted by Gasteiger charge is 2.35. The summed E-state index contributed by atoms with van der Waals surface area (Å²) in [5.41, 5.74) is -1.05. The Morgan fingerprint density at radius 1 is 1.18 bits per heavy atom. The number of thiazole rings is 1. The number of imidazole rings is 1.